The molecule has 1 aromatic heterocycles. The van der Waals surface area contributed by atoms with Crippen molar-refractivity contribution in [1.82, 2.24) is 4.98 Å². The van der Waals surface area contributed by atoms with Gasteiger partial charge in [0.15, 0.2) is 0 Å². The van der Waals surface area contributed by atoms with Gasteiger partial charge in [0.05, 0.1) is 26.0 Å². The van der Waals surface area contributed by atoms with Gasteiger partial charge in [-0.3, -0.25) is 4.79 Å². The predicted molar refractivity (Wildman–Crippen MR) is 107 cm³/mol. The molecule has 0 unspecified atom stereocenters. The fourth-order valence-corrected chi connectivity index (χ4v) is 2.84. The van der Waals surface area contributed by atoms with Crippen LogP contribution in [-0.2, 0) is 6.54 Å². The summed E-state index contributed by atoms with van der Waals surface area (Å²) in [7, 11) is 3.20. The molecule has 2 aromatic carbocycles. The third-order valence-corrected chi connectivity index (χ3v) is 4.14. The second kappa shape index (κ2) is 8.03. The van der Waals surface area contributed by atoms with Crippen molar-refractivity contribution in [3.8, 4) is 17.2 Å². The molecule has 0 bridgehead atoms. The molecule has 1 heterocycles. The zero-order valence-corrected chi connectivity index (χ0v) is 16.0. The van der Waals surface area contributed by atoms with Crippen molar-refractivity contribution in [2.75, 3.05) is 19.5 Å². The van der Waals surface area contributed by atoms with E-state index in [1.807, 2.05) is 50.2 Å². The maximum Gasteiger partial charge on any atom is 0.253 e. The third kappa shape index (κ3) is 4.34. The van der Waals surface area contributed by atoms with Crippen LogP contribution in [0.25, 0.3) is 10.9 Å². The first-order valence-corrected chi connectivity index (χ1v) is 8.78. The second-order valence-corrected chi connectivity index (χ2v) is 6.46. The fraction of sp³-hybridized carbons (Fsp3) is 0.286. The molecule has 142 valence electrons. The lowest BCUT2D eigenvalue weighted by Gasteiger charge is -2.13. The normalized spacial score (nSPS) is 10.9. The van der Waals surface area contributed by atoms with Crippen LogP contribution < -0.4 is 25.1 Å². The highest BCUT2D eigenvalue weighted by Gasteiger charge is 2.08. The van der Waals surface area contributed by atoms with E-state index in [1.165, 1.54) is 0 Å². The molecular weight excluding hydrogens is 344 g/mol. The Morgan fingerprint density at radius 2 is 1.78 bits per heavy atom. The quantitative estimate of drug-likeness (QED) is 0.661. The summed E-state index contributed by atoms with van der Waals surface area (Å²) >= 11 is 0. The maximum atomic E-state index is 12.4. The van der Waals surface area contributed by atoms with E-state index in [9.17, 15) is 4.79 Å². The van der Waals surface area contributed by atoms with Gasteiger partial charge >= 0.3 is 0 Å². The van der Waals surface area contributed by atoms with E-state index < -0.39 is 0 Å². The fourth-order valence-electron chi connectivity index (χ4n) is 2.84. The molecule has 0 saturated carbocycles. The average molecular weight is 368 g/mol. The summed E-state index contributed by atoms with van der Waals surface area (Å²) in [5.74, 6) is 2.14. The first-order valence-electron chi connectivity index (χ1n) is 8.78. The Labute approximate surface area is 158 Å². The van der Waals surface area contributed by atoms with E-state index in [0.717, 1.165) is 22.3 Å². The largest absolute Gasteiger partial charge is 0.497 e. The van der Waals surface area contributed by atoms with Gasteiger partial charge in [-0.25, -0.2) is 0 Å². The van der Waals surface area contributed by atoms with Crippen LogP contribution in [-0.4, -0.2) is 25.3 Å². The molecule has 2 N–H and O–H groups in total. The molecule has 0 saturated heterocycles. The van der Waals surface area contributed by atoms with Crippen molar-refractivity contribution in [1.29, 1.82) is 0 Å². The lowest BCUT2D eigenvalue weighted by atomic mass is 10.1. The molecule has 3 rings (SSSR count). The van der Waals surface area contributed by atoms with E-state index in [2.05, 4.69) is 10.3 Å². The van der Waals surface area contributed by atoms with Crippen molar-refractivity contribution < 1.29 is 14.2 Å². The lowest BCUT2D eigenvalue weighted by Crippen LogP contribution is -2.16. The number of H-pyrrole nitrogens is 1. The van der Waals surface area contributed by atoms with Gasteiger partial charge in [-0.1, -0.05) is 0 Å². The standard InChI is InChI=1S/C21H24N2O4/c1-13(2)27-17-6-7-18-14(10-17)9-15(21(24)23-18)12-22-19-8-5-16(25-3)11-20(19)26-4/h5-11,13,22H,12H2,1-4H3,(H,23,24). The highest BCUT2D eigenvalue weighted by atomic mass is 16.5. The molecule has 0 spiro atoms. The Balaban J connectivity index is 1.86. The summed E-state index contributed by atoms with van der Waals surface area (Å²) in [5, 5.41) is 4.17. The number of rotatable bonds is 7. The highest BCUT2D eigenvalue weighted by molar-refractivity contribution is 5.80. The predicted octanol–water partition coefficient (Wildman–Crippen LogP) is 3.94. The number of anilines is 1. The second-order valence-electron chi connectivity index (χ2n) is 6.46. The van der Waals surface area contributed by atoms with Gasteiger partial charge in [0.2, 0.25) is 0 Å². The zero-order valence-electron chi connectivity index (χ0n) is 16.0. The van der Waals surface area contributed by atoms with Crippen LogP contribution in [0.2, 0.25) is 0 Å². The summed E-state index contributed by atoms with van der Waals surface area (Å²) in [6.07, 6.45) is 0.0916. The molecule has 0 aliphatic heterocycles. The third-order valence-electron chi connectivity index (χ3n) is 4.14. The minimum atomic E-state index is -0.125. The Morgan fingerprint density at radius 3 is 2.48 bits per heavy atom. The number of hydrogen-bond donors (Lipinski definition) is 2. The highest BCUT2D eigenvalue weighted by Crippen LogP contribution is 2.29. The number of hydrogen-bond acceptors (Lipinski definition) is 5. The van der Waals surface area contributed by atoms with Crippen LogP contribution in [0, 0.1) is 0 Å². The van der Waals surface area contributed by atoms with Gasteiger partial charge in [-0.2, -0.15) is 0 Å². The zero-order chi connectivity index (χ0) is 19.4. The lowest BCUT2D eigenvalue weighted by molar-refractivity contribution is 0.243. The van der Waals surface area contributed by atoms with E-state index in [0.29, 0.717) is 23.6 Å². The van der Waals surface area contributed by atoms with E-state index in [-0.39, 0.29) is 11.7 Å². The number of nitrogens with one attached hydrogen (secondary N) is 2. The van der Waals surface area contributed by atoms with Crippen LogP contribution in [0.5, 0.6) is 17.2 Å². The molecule has 0 atom stereocenters. The molecule has 0 aliphatic carbocycles. The Morgan fingerprint density at radius 1 is 1.00 bits per heavy atom. The average Bonchev–Trinajstić information content (AvgIpc) is 2.66. The number of pyridine rings is 1. The topological polar surface area (TPSA) is 72.6 Å². The van der Waals surface area contributed by atoms with Gasteiger partial charge in [0.25, 0.3) is 5.56 Å². The van der Waals surface area contributed by atoms with Gasteiger partial charge in [0, 0.05) is 29.1 Å². The van der Waals surface area contributed by atoms with Crippen LogP contribution in [0.4, 0.5) is 5.69 Å². The van der Waals surface area contributed by atoms with Crippen molar-refractivity contribution in [2.24, 2.45) is 0 Å². The molecule has 27 heavy (non-hydrogen) atoms. The summed E-state index contributed by atoms with van der Waals surface area (Å²) in [6, 6.07) is 13.0. The van der Waals surface area contributed by atoms with Crippen molar-refractivity contribution in [2.45, 2.75) is 26.5 Å². The van der Waals surface area contributed by atoms with Crippen LogP contribution in [0.15, 0.2) is 47.3 Å². The van der Waals surface area contributed by atoms with Gasteiger partial charge in [-0.15, -0.1) is 0 Å². The van der Waals surface area contributed by atoms with Crippen LogP contribution in [0.1, 0.15) is 19.4 Å². The minimum Gasteiger partial charge on any atom is -0.497 e. The monoisotopic (exact) mass is 368 g/mol. The number of ether oxygens (including phenoxy) is 3. The van der Waals surface area contributed by atoms with E-state index in [4.69, 9.17) is 14.2 Å². The Bertz CT molecular complexity index is 995. The number of benzene rings is 2. The Hall–Kier alpha value is -3.15. The number of fused-ring (bicyclic) bond motifs is 1. The molecule has 6 nitrogen and oxygen atoms in total. The maximum absolute atomic E-state index is 12.4. The molecule has 6 heteroatoms. The van der Waals surface area contributed by atoms with Gasteiger partial charge < -0.3 is 24.5 Å². The molecular formula is C21H24N2O4. The first-order chi connectivity index (χ1) is 13.0. The number of aromatic amines is 1. The first kappa shape index (κ1) is 18.6. The van der Waals surface area contributed by atoms with Crippen LogP contribution >= 0.6 is 0 Å². The summed E-state index contributed by atoms with van der Waals surface area (Å²) < 4.78 is 16.3. The minimum absolute atomic E-state index is 0.0916. The molecule has 0 amide bonds. The molecule has 0 fully saturated rings. The van der Waals surface area contributed by atoms with Crippen molar-refractivity contribution in [3.63, 3.8) is 0 Å². The van der Waals surface area contributed by atoms with E-state index >= 15 is 0 Å². The van der Waals surface area contributed by atoms with E-state index in [1.54, 1.807) is 20.3 Å². The number of methoxy groups -OCH3 is 2. The Kier molecular flexibility index (Phi) is 5.54. The number of aromatic nitrogens is 1. The molecule has 0 radical (unpaired) electrons. The van der Waals surface area contributed by atoms with Crippen molar-refractivity contribution in [3.05, 3.63) is 58.4 Å². The van der Waals surface area contributed by atoms with Gasteiger partial charge in [0.1, 0.15) is 17.2 Å². The smallest absolute Gasteiger partial charge is 0.253 e. The summed E-state index contributed by atoms with van der Waals surface area (Å²) in [6.45, 7) is 4.33. The molecule has 3 aromatic rings. The SMILES string of the molecule is COc1ccc(NCc2cc3cc(OC(C)C)ccc3[nH]c2=O)c(OC)c1. The summed E-state index contributed by atoms with van der Waals surface area (Å²) in [5.41, 5.74) is 2.07. The molecule has 0 aliphatic rings. The van der Waals surface area contributed by atoms with Crippen LogP contribution in [0.3, 0.4) is 0 Å². The van der Waals surface area contributed by atoms with Gasteiger partial charge in [-0.05, 0) is 50.2 Å². The summed E-state index contributed by atoms with van der Waals surface area (Å²) in [4.78, 5) is 15.3. The van der Waals surface area contributed by atoms with Crippen molar-refractivity contribution >= 4 is 16.6 Å².